The molecular weight excluding hydrogens is 326 g/mol. The summed E-state index contributed by atoms with van der Waals surface area (Å²) in [6.07, 6.45) is 1.90. The van der Waals surface area contributed by atoms with E-state index in [1.165, 1.54) is 0 Å². The molecule has 0 saturated heterocycles. The molecule has 1 N–H and O–H groups in total. The van der Waals surface area contributed by atoms with Gasteiger partial charge in [0.1, 0.15) is 6.54 Å². The van der Waals surface area contributed by atoms with Crippen LogP contribution >= 0.6 is 11.6 Å². The topological polar surface area (TPSA) is 58.6 Å². The molecule has 7 heteroatoms. The van der Waals surface area contributed by atoms with Gasteiger partial charge in [-0.05, 0) is 18.9 Å². The van der Waals surface area contributed by atoms with Crippen molar-refractivity contribution in [1.82, 2.24) is 19.9 Å². The van der Waals surface area contributed by atoms with Crippen LogP contribution in [0.5, 0.6) is 0 Å². The van der Waals surface area contributed by atoms with Crippen LogP contribution in [0.1, 0.15) is 43.8 Å². The fourth-order valence-corrected chi connectivity index (χ4v) is 2.61. The third-order valence-corrected chi connectivity index (χ3v) is 3.93. The number of nitrogens with one attached hydrogen (secondary N) is 1. The zero-order chi connectivity index (χ0) is 17.7. The summed E-state index contributed by atoms with van der Waals surface area (Å²) in [5.74, 6) is 1.94. The number of hydrogen-bond acceptors (Lipinski definition) is 3. The first-order valence-corrected chi connectivity index (χ1v) is 8.54. The third kappa shape index (κ3) is 4.77. The first-order chi connectivity index (χ1) is 11.4. The molecule has 0 radical (unpaired) electrons. The Bertz CT molecular complexity index is 689. The number of guanidine groups is 1. The Hall–Kier alpha value is -1.95. The van der Waals surface area contributed by atoms with Crippen molar-refractivity contribution in [1.29, 1.82) is 0 Å². The zero-order valence-electron chi connectivity index (χ0n) is 15.0. The Morgan fingerprint density at radius 1 is 1.46 bits per heavy atom. The van der Waals surface area contributed by atoms with Crippen LogP contribution < -0.4 is 5.32 Å². The van der Waals surface area contributed by atoms with Crippen LogP contribution in [0.25, 0.3) is 0 Å². The molecule has 6 nitrogen and oxygen atoms in total. The SMILES string of the molecule is CCNC(=NCc1cc(C(C)C)no1)N(C)Cc1cc(Cl)cn1C. The van der Waals surface area contributed by atoms with Crippen LogP contribution in [0.3, 0.4) is 0 Å². The van der Waals surface area contributed by atoms with E-state index in [0.29, 0.717) is 19.0 Å². The molecule has 0 amide bonds. The fourth-order valence-electron chi connectivity index (χ4n) is 2.34. The molecule has 0 saturated carbocycles. The molecule has 2 rings (SSSR count). The Morgan fingerprint density at radius 2 is 2.21 bits per heavy atom. The Labute approximate surface area is 148 Å². The minimum absolute atomic E-state index is 0.351. The Morgan fingerprint density at radius 3 is 2.75 bits per heavy atom. The third-order valence-electron chi connectivity index (χ3n) is 3.72. The zero-order valence-corrected chi connectivity index (χ0v) is 15.8. The lowest BCUT2D eigenvalue weighted by molar-refractivity contribution is 0.375. The van der Waals surface area contributed by atoms with Gasteiger partial charge in [0, 0.05) is 38.6 Å². The van der Waals surface area contributed by atoms with Crippen molar-refractivity contribution >= 4 is 17.6 Å². The van der Waals surface area contributed by atoms with Crippen molar-refractivity contribution in [2.45, 2.75) is 39.8 Å². The number of aromatic nitrogens is 2. The molecule has 0 spiro atoms. The lowest BCUT2D eigenvalue weighted by atomic mass is 10.1. The number of rotatable bonds is 6. The second-order valence-electron chi connectivity index (χ2n) is 6.16. The molecular formula is C17H26ClN5O. The maximum Gasteiger partial charge on any atom is 0.194 e. The van der Waals surface area contributed by atoms with Crippen LogP contribution in [0.4, 0.5) is 0 Å². The first-order valence-electron chi connectivity index (χ1n) is 8.16. The van der Waals surface area contributed by atoms with Gasteiger partial charge in [0.2, 0.25) is 0 Å². The van der Waals surface area contributed by atoms with Gasteiger partial charge in [-0.1, -0.05) is 30.6 Å². The normalized spacial score (nSPS) is 12.0. The highest BCUT2D eigenvalue weighted by Gasteiger charge is 2.11. The van der Waals surface area contributed by atoms with Crippen molar-refractivity contribution in [3.8, 4) is 0 Å². The number of halogens is 1. The van der Waals surface area contributed by atoms with E-state index < -0.39 is 0 Å². The lowest BCUT2D eigenvalue weighted by Gasteiger charge is -2.22. The number of nitrogens with zero attached hydrogens (tertiary/aromatic N) is 4. The van der Waals surface area contributed by atoms with Gasteiger partial charge in [-0.25, -0.2) is 4.99 Å². The summed E-state index contributed by atoms with van der Waals surface area (Å²) in [4.78, 5) is 6.71. The van der Waals surface area contributed by atoms with Crippen LogP contribution in [0, 0.1) is 0 Å². The summed E-state index contributed by atoms with van der Waals surface area (Å²) in [7, 11) is 3.99. The van der Waals surface area contributed by atoms with Gasteiger partial charge in [0.05, 0.1) is 17.3 Å². The van der Waals surface area contributed by atoms with E-state index in [1.807, 2.05) is 43.9 Å². The fraction of sp³-hybridized carbons (Fsp3) is 0.529. The molecule has 132 valence electrons. The van der Waals surface area contributed by atoms with E-state index in [-0.39, 0.29) is 0 Å². The predicted octanol–water partition coefficient (Wildman–Crippen LogP) is 3.39. The summed E-state index contributed by atoms with van der Waals surface area (Å²) < 4.78 is 7.37. The molecule has 24 heavy (non-hydrogen) atoms. The minimum atomic E-state index is 0.351. The van der Waals surface area contributed by atoms with E-state index in [4.69, 9.17) is 16.1 Å². The minimum Gasteiger partial charge on any atom is -0.359 e. The van der Waals surface area contributed by atoms with E-state index >= 15 is 0 Å². The van der Waals surface area contributed by atoms with Gasteiger partial charge in [-0.2, -0.15) is 0 Å². The first kappa shape index (κ1) is 18.4. The van der Waals surface area contributed by atoms with Crippen LogP contribution in [-0.4, -0.2) is 34.2 Å². The van der Waals surface area contributed by atoms with Gasteiger partial charge in [-0.3, -0.25) is 0 Å². The van der Waals surface area contributed by atoms with Crippen molar-refractivity contribution in [2.75, 3.05) is 13.6 Å². The molecule has 0 aliphatic rings. The van der Waals surface area contributed by atoms with Crippen molar-refractivity contribution in [3.63, 3.8) is 0 Å². The quantitative estimate of drug-likeness (QED) is 0.640. The molecule has 0 aromatic carbocycles. The van der Waals surface area contributed by atoms with Gasteiger partial charge >= 0.3 is 0 Å². The van der Waals surface area contributed by atoms with E-state index in [1.54, 1.807) is 0 Å². The van der Waals surface area contributed by atoms with Crippen molar-refractivity contribution in [2.24, 2.45) is 12.0 Å². The average molecular weight is 352 g/mol. The molecule has 0 fully saturated rings. The van der Waals surface area contributed by atoms with Crippen LogP contribution in [-0.2, 0) is 20.1 Å². The van der Waals surface area contributed by atoms with Gasteiger partial charge in [0.25, 0.3) is 0 Å². The highest BCUT2D eigenvalue weighted by Crippen LogP contribution is 2.16. The molecule has 0 aliphatic heterocycles. The van der Waals surface area contributed by atoms with E-state index in [0.717, 1.165) is 34.7 Å². The second-order valence-corrected chi connectivity index (χ2v) is 6.60. The average Bonchev–Trinajstić information content (AvgIpc) is 3.10. The molecule has 2 heterocycles. The monoisotopic (exact) mass is 351 g/mol. The van der Waals surface area contributed by atoms with Crippen molar-refractivity contribution < 1.29 is 4.52 Å². The summed E-state index contributed by atoms with van der Waals surface area (Å²) >= 11 is 6.05. The number of aliphatic imine (C=N–C) groups is 1. The summed E-state index contributed by atoms with van der Waals surface area (Å²) in [6.45, 7) is 8.20. The van der Waals surface area contributed by atoms with Crippen molar-refractivity contribution in [3.05, 3.63) is 40.5 Å². The number of aryl methyl sites for hydroxylation is 1. The maximum absolute atomic E-state index is 6.05. The molecule has 0 atom stereocenters. The van der Waals surface area contributed by atoms with E-state index in [2.05, 4.69) is 34.2 Å². The summed E-state index contributed by atoms with van der Waals surface area (Å²) in [5, 5.41) is 8.11. The molecule has 2 aromatic heterocycles. The maximum atomic E-state index is 6.05. The molecule has 0 unspecified atom stereocenters. The Balaban J connectivity index is 2.07. The molecule has 0 aliphatic carbocycles. The highest BCUT2D eigenvalue weighted by molar-refractivity contribution is 6.30. The standard InChI is InChI=1S/C17H26ClN5O/c1-6-19-17(20-9-15-8-16(12(2)3)21-24-15)23(5)11-14-7-13(18)10-22(14)4/h7-8,10,12H,6,9,11H2,1-5H3,(H,19,20). The second kappa shape index (κ2) is 8.24. The predicted molar refractivity (Wildman–Crippen MR) is 97.3 cm³/mol. The molecule has 0 bridgehead atoms. The van der Waals surface area contributed by atoms with Crippen LogP contribution in [0.2, 0.25) is 5.02 Å². The van der Waals surface area contributed by atoms with Crippen LogP contribution in [0.15, 0.2) is 27.8 Å². The smallest absolute Gasteiger partial charge is 0.194 e. The summed E-state index contributed by atoms with van der Waals surface area (Å²) in [5.41, 5.74) is 2.08. The largest absolute Gasteiger partial charge is 0.359 e. The highest BCUT2D eigenvalue weighted by atomic mass is 35.5. The Kier molecular flexibility index (Phi) is 6.31. The summed E-state index contributed by atoms with van der Waals surface area (Å²) in [6, 6.07) is 3.93. The molecule has 2 aromatic rings. The number of hydrogen-bond donors (Lipinski definition) is 1. The lowest BCUT2D eigenvalue weighted by Crippen LogP contribution is -2.38. The van der Waals surface area contributed by atoms with Gasteiger partial charge in [0.15, 0.2) is 11.7 Å². The van der Waals surface area contributed by atoms with Gasteiger partial charge < -0.3 is 19.3 Å². The van der Waals surface area contributed by atoms with E-state index in [9.17, 15) is 0 Å². The van der Waals surface area contributed by atoms with Gasteiger partial charge in [-0.15, -0.1) is 0 Å².